The van der Waals surface area contributed by atoms with Gasteiger partial charge in [-0.05, 0) is 166 Å². The molecule has 0 unspecified atom stereocenters. The van der Waals surface area contributed by atoms with Crippen LogP contribution >= 0.6 is 48.4 Å². The molecule has 0 saturated heterocycles. The molecule has 8 nitrogen and oxygen atoms in total. The summed E-state index contributed by atoms with van der Waals surface area (Å²) in [5, 5.41) is 23.7. The first-order valence-corrected chi connectivity index (χ1v) is 35.8. The van der Waals surface area contributed by atoms with Gasteiger partial charge in [-0.1, -0.05) is 0 Å². The van der Waals surface area contributed by atoms with E-state index in [0.717, 1.165) is 146 Å². The van der Waals surface area contributed by atoms with Gasteiger partial charge >= 0.3 is 39.0 Å². The summed E-state index contributed by atoms with van der Waals surface area (Å²) >= 11 is 0. The summed E-state index contributed by atoms with van der Waals surface area (Å²) in [6, 6.07) is 0. The summed E-state index contributed by atoms with van der Waals surface area (Å²) < 4.78 is 0. The quantitative estimate of drug-likeness (QED) is 0.0274. The van der Waals surface area contributed by atoms with Gasteiger partial charge in [0.2, 0.25) is 0 Å². The van der Waals surface area contributed by atoms with Crippen LogP contribution in [0.3, 0.4) is 0 Å². The maximum absolute atomic E-state index is 3.95. The van der Waals surface area contributed by atoms with Crippen LogP contribution in [0.4, 0.5) is 0 Å². The summed E-state index contributed by atoms with van der Waals surface area (Å²) in [4.78, 5) is 5.38. The van der Waals surface area contributed by atoms with E-state index in [1.54, 1.807) is 0 Å². The Morgan fingerprint density at radius 3 is 0.391 bits per heavy atom. The zero-order valence-electron chi connectivity index (χ0n) is 47.0. The molecule has 0 aliphatic heterocycles. The molecule has 2 radical (unpaired) electrons. The van der Waals surface area contributed by atoms with Crippen LogP contribution in [-0.2, 0) is 39.0 Å². The van der Waals surface area contributed by atoms with Gasteiger partial charge in [0.1, 0.15) is 0 Å². The molecule has 0 spiro atoms. The molecule has 0 bridgehead atoms. The van der Waals surface area contributed by atoms with E-state index in [1.165, 1.54) is 0 Å². The molecule has 0 aromatic carbocycles. The first-order valence-electron chi connectivity index (χ1n) is 25.8. The molecule has 0 saturated carbocycles. The molecule has 0 rings (SSSR count). The van der Waals surface area contributed by atoms with Gasteiger partial charge in [0.25, 0.3) is 0 Å². The van der Waals surface area contributed by atoms with Crippen LogP contribution in [0.15, 0.2) is 0 Å². The Bertz CT molecular complexity index is 781. The van der Waals surface area contributed by atoms with Crippen LogP contribution in [0, 0.1) is 0 Å². The van der Waals surface area contributed by atoms with Crippen LogP contribution in [0.5, 0.6) is 0 Å². The van der Waals surface area contributed by atoms with Crippen LogP contribution in [-0.4, -0.2) is 156 Å². The van der Waals surface area contributed by atoms with Crippen molar-refractivity contribution in [3.05, 3.63) is 0 Å². The van der Waals surface area contributed by atoms with Crippen molar-refractivity contribution < 1.29 is 39.0 Å². The van der Waals surface area contributed by atoms with Crippen molar-refractivity contribution in [3.63, 3.8) is 0 Å². The zero-order chi connectivity index (χ0) is 48.3. The van der Waals surface area contributed by atoms with E-state index in [2.05, 4.69) is 206 Å². The average molecular weight is 1200 g/mol. The second-order valence-corrected chi connectivity index (χ2v) is 43.3. The number of rotatable bonds is 36. The van der Waals surface area contributed by atoms with E-state index in [0.29, 0.717) is 0 Å². The van der Waals surface area contributed by atoms with Crippen molar-refractivity contribution in [2.75, 3.05) is 78.5 Å². The molecular formula is C48H120N8P6Ru2+8. The molecule has 0 heterocycles. The van der Waals surface area contributed by atoms with Gasteiger partial charge < -0.3 is 0 Å². The Kier molecular flexibility index (Phi) is 49.7. The normalized spacial score (nSPS) is 12.9. The third kappa shape index (κ3) is 35.6. The second kappa shape index (κ2) is 43.0. The van der Waals surface area contributed by atoms with E-state index in [-0.39, 0.29) is 39.0 Å². The van der Waals surface area contributed by atoms with Crippen molar-refractivity contribution in [1.82, 2.24) is 40.3 Å². The molecule has 390 valence electrons. The molecule has 0 amide bonds. The maximum Gasteiger partial charge on any atom is 1.00 e. The minimum atomic E-state index is -0.483. The minimum Gasteiger partial charge on any atom is -0.299 e. The summed E-state index contributed by atoms with van der Waals surface area (Å²) in [6.07, 6.45) is 0. The van der Waals surface area contributed by atoms with Crippen molar-refractivity contribution in [2.45, 2.75) is 234 Å². The fourth-order valence-corrected chi connectivity index (χ4v) is 24.6. The Hall–Kier alpha value is 3.51. The minimum absolute atomic E-state index is 0. The standard InChI is InChI=1S/2C24H57N4P3.2Ru/c2*1-19(2)29(20(3)4)25-13-16-28(17-14-26-30(21(5)6)22(7)8)18-15-27-31(23(9)10)24(11)12;;/h2*19-27H,13-18H2,1-12H3;;/q;;2*+1/p+6. The molecule has 0 aliphatic rings. The second-order valence-electron chi connectivity index (χ2n) is 21.8. The molecule has 0 aliphatic carbocycles. The van der Waals surface area contributed by atoms with Gasteiger partial charge in [-0.15, -0.1) is 0 Å². The van der Waals surface area contributed by atoms with E-state index in [4.69, 9.17) is 0 Å². The predicted molar refractivity (Wildman–Crippen MR) is 312 cm³/mol. The molecule has 6 N–H and O–H groups in total. The van der Waals surface area contributed by atoms with Gasteiger partial charge in [-0.2, -0.15) is 30.5 Å². The SMILES string of the molecule is CC(C)[PH+](NCCN(CCN[PH+](C(C)C)C(C)C)CCN[PH+](C(C)C)C(C)C)C(C)C.CC(C)[PH+](NCCN(CCN[PH+](C(C)C)C(C)C)CCN[PH+](C(C)C)C(C)C)C(C)C.[Ru+].[Ru+]. The molecule has 0 fully saturated rings. The zero-order valence-corrected chi connectivity index (χ0v) is 56.5. The number of hydrogen-bond donors (Lipinski definition) is 6. The topological polar surface area (TPSA) is 78.7 Å². The third-order valence-electron chi connectivity index (χ3n) is 12.0. The van der Waals surface area contributed by atoms with Gasteiger partial charge in [0.05, 0.1) is 116 Å². The molecule has 0 atom stereocenters. The van der Waals surface area contributed by atoms with Crippen LogP contribution in [0.2, 0.25) is 0 Å². The van der Waals surface area contributed by atoms with E-state index >= 15 is 0 Å². The Morgan fingerprint density at radius 1 is 0.219 bits per heavy atom. The fraction of sp³-hybridized carbons (Fsp3) is 1.00. The smallest absolute Gasteiger partial charge is 0.299 e. The predicted octanol–water partition coefficient (Wildman–Crippen LogP) is 11.8. The van der Waals surface area contributed by atoms with Gasteiger partial charge in [-0.3, -0.25) is 9.80 Å². The van der Waals surface area contributed by atoms with Crippen molar-refractivity contribution in [2.24, 2.45) is 0 Å². The molecule has 64 heavy (non-hydrogen) atoms. The first-order chi connectivity index (χ1) is 28.8. The number of hydrogen-bond acceptors (Lipinski definition) is 8. The Morgan fingerprint density at radius 2 is 0.312 bits per heavy atom. The van der Waals surface area contributed by atoms with Crippen molar-refractivity contribution in [1.29, 1.82) is 0 Å². The van der Waals surface area contributed by atoms with E-state index in [1.807, 2.05) is 0 Å². The fourth-order valence-electron chi connectivity index (χ4n) is 9.27. The van der Waals surface area contributed by atoms with Gasteiger partial charge in [0, 0.05) is 78.5 Å². The molecular weight excluding hydrogens is 1080 g/mol. The van der Waals surface area contributed by atoms with Crippen molar-refractivity contribution >= 4 is 48.4 Å². The summed E-state index contributed by atoms with van der Waals surface area (Å²) in [5.74, 6) is 0. The molecule has 0 aromatic rings. The van der Waals surface area contributed by atoms with E-state index in [9.17, 15) is 0 Å². The third-order valence-corrected chi connectivity index (χ3v) is 30.9. The number of nitrogens with zero attached hydrogens (tertiary/aromatic N) is 2. The first kappa shape index (κ1) is 74.0. The largest absolute Gasteiger partial charge is 1.00 e. The summed E-state index contributed by atoms with van der Waals surface area (Å²) in [5.41, 5.74) is 9.40. The van der Waals surface area contributed by atoms with Gasteiger partial charge in [-0.25, -0.2) is 0 Å². The van der Waals surface area contributed by atoms with E-state index < -0.39 is 48.4 Å². The van der Waals surface area contributed by atoms with Crippen LogP contribution < -0.4 is 30.5 Å². The summed E-state index contributed by atoms with van der Waals surface area (Å²) in [7, 11) is -2.90. The van der Waals surface area contributed by atoms with Crippen molar-refractivity contribution in [3.8, 4) is 0 Å². The van der Waals surface area contributed by atoms with Crippen LogP contribution in [0.25, 0.3) is 0 Å². The van der Waals surface area contributed by atoms with Gasteiger partial charge in [0.15, 0.2) is 0 Å². The monoisotopic (exact) mass is 1200 g/mol. The average Bonchev–Trinajstić information content (AvgIpc) is 3.12. The van der Waals surface area contributed by atoms with Crippen LogP contribution in [0.1, 0.15) is 166 Å². The maximum atomic E-state index is 3.95. The summed E-state index contributed by atoms with van der Waals surface area (Å²) in [6.45, 7) is 71.0. The molecule has 0 aromatic heterocycles. The number of nitrogens with one attached hydrogen (secondary N) is 6. The Balaban J connectivity index is -0.000000545. The Labute approximate surface area is 437 Å². The molecule has 16 heteroatoms.